The second-order valence-corrected chi connectivity index (χ2v) is 4.93. The molecule has 0 saturated carbocycles. The molecule has 0 aliphatic heterocycles. The summed E-state index contributed by atoms with van der Waals surface area (Å²) in [6.07, 6.45) is 3.46. The monoisotopic (exact) mass is 208 g/mol. The first-order valence-electron chi connectivity index (χ1n) is 5.86. The average molecular weight is 208 g/mol. The summed E-state index contributed by atoms with van der Waals surface area (Å²) in [5.74, 6) is 0. The fraction of sp³-hybridized carbons (Fsp3) is 0.250. The lowest BCUT2D eigenvalue weighted by Crippen LogP contribution is -2.00. The molecule has 0 unspecified atom stereocenters. The van der Waals surface area contributed by atoms with Gasteiger partial charge in [-0.05, 0) is 60.2 Å². The van der Waals surface area contributed by atoms with E-state index in [4.69, 9.17) is 0 Å². The van der Waals surface area contributed by atoms with Crippen LogP contribution in [0.15, 0.2) is 29.8 Å². The Bertz CT molecular complexity index is 615. The molecule has 0 saturated heterocycles. The quantitative estimate of drug-likeness (QED) is 0.601. The molecule has 3 rings (SSSR count). The van der Waals surface area contributed by atoms with E-state index in [9.17, 15) is 0 Å². The molecule has 1 aliphatic carbocycles. The van der Waals surface area contributed by atoms with E-state index in [2.05, 4.69) is 51.1 Å². The summed E-state index contributed by atoms with van der Waals surface area (Å²) in [5.41, 5.74) is 7.17. The van der Waals surface area contributed by atoms with Crippen molar-refractivity contribution in [2.24, 2.45) is 0 Å². The topological polar surface area (TPSA) is 0 Å². The van der Waals surface area contributed by atoms with E-state index in [0.717, 1.165) is 6.42 Å². The number of allylic oxidation sites excluding steroid dienone is 1. The van der Waals surface area contributed by atoms with Crippen LogP contribution in [0.5, 0.6) is 0 Å². The molecule has 0 spiro atoms. The minimum atomic E-state index is 1.10. The minimum Gasteiger partial charge on any atom is -0.0683 e. The van der Waals surface area contributed by atoms with Crippen LogP contribution < -0.4 is 0 Å². The Labute approximate surface area is 96.6 Å². The molecule has 0 atom stereocenters. The highest BCUT2D eigenvalue weighted by molar-refractivity contribution is 5.98. The number of hydrogen-bond donors (Lipinski definition) is 0. The van der Waals surface area contributed by atoms with E-state index >= 15 is 0 Å². The van der Waals surface area contributed by atoms with Gasteiger partial charge in [0, 0.05) is 0 Å². The lowest BCUT2D eigenvalue weighted by atomic mass is 9.85. The van der Waals surface area contributed by atoms with Crippen molar-refractivity contribution in [1.29, 1.82) is 0 Å². The number of benzene rings is 2. The SMILES string of the molecule is CC1=Cc2c(C)cc(C)c3cccc(c23)C1. The van der Waals surface area contributed by atoms with Crippen molar-refractivity contribution in [2.45, 2.75) is 27.2 Å². The molecule has 1 aliphatic rings. The maximum absolute atomic E-state index is 2.35. The van der Waals surface area contributed by atoms with Gasteiger partial charge in [-0.1, -0.05) is 35.9 Å². The van der Waals surface area contributed by atoms with Crippen LogP contribution in [0, 0.1) is 13.8 Å². The molecule has 2 aromatic rings. The van der Waals surface area contributed by atoms with Gasteiger partial charge in [-0.15, -0.1) is 0 Å². The molecule has 0 radical (unpaired) electrons. The van der Waals surface area contributed by atoms with Crippen molar-refractivity contribution in [3.63, 3.8) is 0 Å². The Morgan fingerprint density at radius 1 is 1.00 bits per heavy atom. The summed E-state index contributed by atoms with van der Waals surface area (Å²) in [5, 5.41) is 2.90. The molecule has 0 N–H and O–H groups in total. The summed E-state index contributed by atoms with van der Waals surface area (Å²) in [7, 11) is 0. The fourth-order valence-electron chi connectivity index (χ4n) is 2.86. The van der Waals surface area contributed by atoms with Crippen LogP contribution in [0.4, 0.5) is 0 Å². The van der Waals surface area contributed by atoms with E-state index < -0.39 is 0 Å². The second kappa shape index (κ2) is 3.21. The van der Waals surface area contributed by atoms with Crippen molar-refractivity contribution in [3.05, 3.63) is 52.1 Å². The van der Waals surface area contributed by atoms with Crippen LogP contribution >= 0.6 is 0 Å². The molecule has 0 fully saturated rings. The van der Waals surface area contributed by atoms with Crippen molar-refractivity contribution in [3.8, 4) is 0 Å². The molecule has 2 aromatic carbocycles. The van der Waals surface area contributed by atoms with Crippen molar-refractivity contribution in [2.75, 3.05) is 0 Å². The molecule has 16 heavy (non-hydrogen) atoms. The molecule has 0 amide bonds. The van der Waals surface area contributed by atoms with Crippen LogP contribution in [0.1, 0.15) is 29.2 Å². The Morgan fingerprint density at radius 2 is 1.81 bits per heavy atom. The van der Waals surface area contributed by atoms with Crippen LogP contribution in [-0.2, 0) is 6.42 Å². The third-order valence-electron chi connectivity index (χ3n) is 3.56. The zero-order valence-corrected chi connectivity index (χ0v) is 10.1. The summed E-state index contributed by atoms with van der Waals surface area (Å²) in [6, 6.07) is 8.99. The van der Waals surface area contributed by atoms with Crippen molar-refractivity contribution < 1.29 is 0 Å². The van der Waals surface area contributed by atoms with Crippen LogP contribution in [0.25, 0.3) is 16.8 Å². The van der Waals surface area contributed by atoms with E-state index in [1.54, 1.807) is 0 Å². The highest BCUT2D eigenvalue weighted by atomic mass is 14.2. The molecular weight excluding hydrogens is 192 g/mol. The molecule has 0 bridgehead atoms. The van der Waals surface area contributed by atoms with Crippen molar-refractivity contribution in [1.82, 2.24) is 0 Å². The standard InChI is InChI=1S/C16H16/c1-10-7-13-5-4-6-14-11(2)9-12(3)15(8-10)16(13)14/h4-6,8-9H,7H2,1-3H3. The smallest absolute Gasteiger partial charge is 0.00602 e. The van der Waals surface area contributed by atoms with Gasteiger partial charge in [0.05, 0.1) is 0 Å². The first kappa shape index (κ1) is 9.65. The third kappa shape index (κ3) is 1.23. The van der Waals surface area contributed by atoms with Crippen molar-refractivity contribution >= 4 is 16.8 Å². The Kier molecular flexibility index (Phi) is 1.94. The van der Waals surface area contributed by atoms with Gasteiger partial charge in [-0.2, -0.15) is 0 Å². The molecule has 0 heteroatoms. The van der Waals surface area contributed by atoms with Gasteiger partial charge in [0.25, 0.3) is 0 Å². The molecule has 0 nitrogen and oxygen atoms in total. The first-order valence-corrected chi connectivity index (χ1v) is 5.86. The zero-order chi connectivity index (χ0) is 11.3. The Morgan fingerprint density at radius 3 is 2.62 bits per heavy atom. The van der Waals surface area contributed by atoms with Gasteiger partial charge in [-0.3, -0.25) is 0 Å². The van der Waals surface area contributed by atoms with E-state index in [1.807, 2.05) is 0 Å². The summed E-state index contributed by atoms with van der Waals surface area (Å²) >= 11 is 0. The normalized spacial score (nSPS) is 14.1. The highest BCUT2D eigenvalue weighted by Gasteiger charge is 2.14. The maximum atomic E-state index is 2.35. The summed E-state index contributed by atoms with van der Waals surface area (Å²) < 4.78 is 0. The molecular formula is C16H16. The number of aryl methyl sites for hydroxylation is 2. The Hall–Kier alpha value is -1.56. The lowest BCUT2D eigenvalue weighted by Gasteiger charge is -2.19. The summed E-state index contributed by atoms with van der Waals surface area (Å²) in [6.45, 7) is 6.65. The van der Waals surface area contributed by atoms with Gasteiger partial charge in [0.15, 0.2) is 0 Å². The molecule has 0 aromatic heterocycles. The predicted octanol–water partition coefficient (Wildman–Crippen LogP) is 4.42. The number of rotatable bonds is 0. The Balaban J connectivity index is 2.55. The van der Waals surface area contributed by atoms with Gasteiger partial charge >= 0.3 is 0 Å². The second-order valence-electron chi connectivity index (χ2n) is 4.93. The largest absolute Gasteiger partial charge is 0.0683 e. The van der Waals surface area contributed by atoms with Crippen LogP contribution in [-0.4, -0.2) is 0 Å². The summed E-state index contributed by atoms with van der Waals surface area (Å²) in [4.78, 5) is 0. The predicted molar refractivity (Wildman–Crippen MR) is 70.8 cm³/mol. The van der Waals surface area contributed by atoms with Gasteiger partial charge in [-0.25, -0.2) is 0 Å². The van der Waals surface area contributed by atoms with E-state index in [1.165, 1.54) is 38.6 Å². The van der Waals surface area contributed by atoms with E-state index in [0.29, 0.717) is 0 Å². The third-order valence-corrected chi connectivity index (χ3v) is 3.56. The first-order chi connectivity index (χ1) is 7.66. The molecule has 80 valence electrons. The number of hydrogen-bond acceptors (Lipinski definition) is 0. The lowest BCUT2D eigenvalue weighted by molar-refractivity contribution is 1.16. The van der Waals surface area contributed by atoms with Gasteiger partial charge in [0.2, 0.25) is 0 Å². The van der Waals surface area contributed by atoms with Crippen LogP contribution in [0.3, 0.4) is 0 Å². The maximum Gasteiger partial charge on any atom is -0.00602 e. The van der Waals surface area contributed by atoms with Gasteiger partial charge < -0.3 is 0 Å². The van der Waals surface area contributed by atoms with E-state index in [-0.39, 0.29) is 0 Å². The highest BCUT2D eigenvalue weighted by Crippen LogP contribution is 2.34. The van der Waals surface area contributed by atoms with Gasteiger partial charge in [0.1, 0.15) is 0 Å². The zero-order valence-electron chi connectivity index (χ0n) is 10.1. The fourth-order valence-corrected chi connectivity index (χ4v) is 2.86. The van der Waals surface area contributed by atoms with Crippen LogP contribution in [0.2, 0.25) is 0 Å². The average Bonchev–Trinajstić information content (AvgIpc) is 2.25. The molecule has 0 heterocycles. The minimum absolute atomic E-state index is 1.10.